The Morgan fingerprint density at radius 2 is 2.32 bits per heavy atom. The Bertz CT molecular complexity index is 436. The molecule has 1 aliphatic rings. The molecule has 1 heterocycles. The Morgan fingerprint density at radius 3 is 2.79 bits per heavy atom. The number of carboxylic acid groups (broad SMARTS) is 1. The number of nitrogens with one attached hydrogen (secondary N) is 1. The maximum Gasteiger partial charge on any atom is 0.305 e. The minimum atomic E-state index is -0.813. The maximum atomic E-state index is 10.5. The third kappa shape index (κ3) is 4.79. The van der Waals surface area contributed by atoms with Crippen LogP contribution in [0.25, 0.3) is 0 Å². The SMILES string of the molecule is CN(C)/C(=C\C=C/N)C1=CNN(CCC(=O)O)C=C1. The van der Waals surface area contributed by atoms with E-state index in [0.717, 1.165) is 11.3 Å². The van der Waals surface area contributed by atoms with E-state index in [9.17, 15) is 4.79 Å². The van der Waals surface area contributed by atoms with Gasteiger partial charge in [0.05, 0.1) is 6.42 Å². The highest BCUT2D eigenvalue weighted by atomic mass is 16.4. The second-order valence-electron chi connectivity index (χ2n) is 4.21. The Labute approximate surface area is 113 Å². The molecule has 19 heavy (non-hydrogen) atoms. The standard InChI is InChI=1S/C13H20N4O2/c1-16(2)12(4-3-7-14)11-5-8-17(15-10-11)9-6-13(18)19/h3-5,7-8,10,15H,6,9,14H2,1-2H3,(H,18,19)/b7-3-,12-4-. The molecule has 0 bridgehead atoms. The molecule has 1 aliphatic heterocycles. The second-order valence-corrected chi connectivity index (χ2v) is 4.21. The van der Waals surface area contributed by atoms with Crippen LogP contribution in [0.3, 0.4) is 0 Å². The van der Waals surface area contributed by atoms with E-state index in [0.29, 0.717) is 6.54 Å². The Morgan fingerprint density at radius 1 is 1.58 bits per heavy atom. The van der Waals surface area contributed by atoms with E-state index in [1.54, 1.807) is 11.1 Å². The molecule has 6 heteroatoms. The first-order valence-corrected chi connectivity index (χ1v) is 5.94. The summed E-state index contributed by atoms with van der Waals surface area (Å²) in [6.07, 6.45) is 10.8. The minimum absolute atomic E-state index is 0.0901. The summed E-state index contributed by atoms with van der Waals surface area (Å²) in [7, 11) is 3.89. The van der Waals surface area contributed by atoms with Gasteiger partial charge in [0.2, 0.25) is 0 Å². The summed E-state index contributed by atoms with van der Waals surface area (Å²) in [4.78, 5) is 12.5. The molecule has 0 amide bonds. The molecule has 0 radical (unpaired) electrons. The van der Waals surface area contributed by atoms with Crippen LogP contribution in [0.1, 0.15) is 6.42 Å². The lowest BCUT2D eigenvalue weighted by molar-refractivity contribution is -0.137. The molecule has 0 spiro atoms. The Balaban J connectivity index is 2.67. The van der Waals surface area contributed by atoms with Gasteiger partial charge in [0.25, 0.3) is 0 Å². The summed E-state index contributed by atoms with van der Waals surface area (Å²) in [6.45, 7) is 0.416. The topological polar surface area (TPSA) is 81.8 Å². The third-order valence-corrected chi connectivity index (χ3v) is 2.53. The van der Waals surface area contributed by atoms with Crippen molar-refractivity contribution in [2.24, 2.45) is 5.73 Å². The number of nitrogens with two attached hydrogens (primary N) is 1. The first-order chi connectivity index (χ1) is 9.04. The molecule has 0 atom stereocenters. The van der Waals surface area contributed by atoms with Crippen LogP contribution >= 0.6 is 0 Å². The number of hydrazine groups is 1. The summed E-state index contributed by atoms with van der Waals surface area (Å²) < 4.78 is 0. The van der Waals surface area contributed by atoms with Crippen molar-refractivity contribution in [3.05, 3.63) is 48.1 Å². The van der Waals surface area contributed by atoms with Gasteiger partial charge in [0.1, 0.15) is 0 Å². The number of hydrogen-bond acceptors (Lipinski definition) is 5. The van der Waals surface area contributed by atoms with Crippen molar-refractivity contribution in [3.8, 4) is 0 Å². The number of likely N-dealkylation sites (N-methyl/N-ethyl adjacent to an activating group) is 1. The fraction of sp³-hybridized carbons (Fsp3) is 0.308. The normalized spacial score (nSPS) is 15.4. The van der Waals surface area contributed by atoms with E-state index in [2.05, 4.69) is 5.43 Å². The molecule has 4 N–H and O–H groups in total. The average molecular weight is 264 g/mol. The van der Waals surface area contributed by atoms with Gasteiger partial charge in [0.15, 0.2) is 0 Å². The summed E-state index contributed by atoms with van der Waals surface area (Å²) in [5.41, 5.74) is 10.4. The smallest absolute Gasteiger partial charge is 0.305 e. The lowest BCUT2D eigenvalue weighted by Crippen LogP contribution is -2.34. The van der Waals surface area contributed by atoms with Gasteiger partial charge in [0, 0.05) is 44.3 Å². The van der Waals surface area contributed by atoms with Crippen molar-refractivity contribution >= 4 is 5.97 Å². The lowest BCUT2D eigenvalue weighted by atomic mass is 10.1. The predicted octanol–water partition coefficient (Wildman–Crippen LogP) is 0.597. The van der Waals surface area contributed by atoms with Crippen LogP contribution < -0.4 is 11.2 Å². The van der Waals surface area contributed by atoms with Gasteiger partial charge in [-0.1, -0.05) is 0 Å². The summed E-state index contributed by atoms with van der Waals surface area (Å²) in [5, 5.41) is 10.4. The molecular formula is C13H20N4O2. The lowest BCUT2D eigenvalue weighted by Gasteiger charge is -2.26. The fourth-order valence-corrected chi connectivity index (χ4v) is 1.58. The van der Waals surface area contributed by atoms with Gasteiger partial charge >= 0.3 is 5.97 Å². The minimum Gasteiger partial charge on any atom is -0.481 e. The summed E-state index contributed by atoms with van der Waals surface area (Å²) >= 11 is 0. The Kier molecular flexibility index (Phi) is 5.53. The van der Waals surface area contributed by atoms with Gasteiger partial charge in [-0.05, 0) is 24.4 Å². The average Bonchev–Trinajstić information content (AvgIpc) is 2.37. The summed E-state index contributed by atoms with van der Waals surface area (Å²) in [5.74, 6) is -0.813. The molecule has 0 saturated heterocycles. The highest BCUT2D eigenvalue weighted by Gasteiger charge is 2.10. The number of aliphatic carboxylic acids is 1. The van der Waals surface area contributed by atoms with E-state index < -0.39 is 5.97 Å². The van der Waals surface area contributed by atoms with E-state index in [1.165, 1.54) is 6.20 Å². The molecule has 0 aromatic carbocycles. The zero-order chi connectivity index (χ0) is 14.3. The quantitative estimate of drug-likeness (QED) is 0.609. The summed E-state index contributed by atoms with van der Waals surface area (Å²) in [6, 6.07) is 0. The molecule has 0 unspecified atom stereocenters. The van der Waals surface area contributed by atoms with Gasteiger partial charge in [-0.15, -0.1) is 0 Å². The largest absolute Gasteiger partial charge is 0.481 e. The van der Waals surface area contributed by atoms with Gasteiger partial charge in [-0.25, -0.2) is 0 Å². The van der Waals surface area contributed by atoms with Crippen LogP contribution in [0, 0.1) is 0 Å². The van der Waals surface area contributed by atoms with Crippen molar-refractivity contribution in [2.75, 3.05) is 20.6 Å². The molecule has 0 saturated carbocycles. The highest BCUT2D eigenvalue weighted by molar-refractivity contribution is 5.66. The van der Waals surface area contributed by atoms with Crippen LogP contribution in [-0.4, -0.2) is 41.6 Å². The predicted molar refractivity (Wildman–Crippen MR) is 74.4 cm³/mol. The van der Waals surface area contributed by atoms with Crippen LogP contribution in [0.15, 0.2) is 48.1 Å². The van der Waals surface area contributed by atoms with E-state index >= 15 is 0 Å². The van der Waals surface area contributed by atoms with Gasteiger partial charge < -0.3 is 21.2 Å². The van der Waals surface area contributed by atoms with Gasteiger partial charge in [-0.3, -0.25) is 9.80 Å². The molecular weight excluding hydrogens is 244 g/mol. The van der Waals surface area contributed by atoms with Gasteiger partial charge in [-0.2, -0.15) is 0 Å². The van der Waals surface area contributed by atoms with Crippen molar-refractivity contribution in [1.29, 1.82) is 0 Å². The first-order valence-electron chi connectivity index (χ1n) is 5.94. The van der Waals surface area contributed by atoms with E-state index in [1.807, 2.05) is 43.5 Å². The van der Waals surface area contributed by atoms with Crippen molar-refractivity contribution < 1.29 is 9.90 Å². The molecule has 0 aliphatic carbocycles. The number of allylic oxidation sites excluding steroid dienone is 3. The molecule has 104 valence electrons. The van der Waals surface area contributed by atoms with Crippen LogP contribution in [0.5, 0.6) is 0 Å². The number of rotatable bonds is 6. The molecule has 1 rings (SSSR count). The molecule has 6 nitrogen and oxygen atoms in total. The number of hydrogen-bond donors (Lipinski definition) is 3. The number of carboxylic acids is 1. The molecule has 0 aromatic heterocycles. The van der Waals surface area contributed by atoms with Crippen molar-refractivity contribution in [2.45, 2.75) is 6.42 Å². The van der Waals surface area contributed by atoms with E-state index in [4.69, 9.17) is 10.8 Å². The van der Waals surface area contributed by atoms with Crippen molar-refractivity contribution in [3.63, 3.8) is 0 Å². The maximum absolute atomic E-state index is 10.5. The molecule has 0 fully saturated rings. The molecule has 0 aromatic rings. The highest BCUT2D eigenvalue weighted by Crippen LogP contribution is 2.16. The van der Waals surface area contributed by atoms with Crippen molar-refractivity contribution in [1.82, 2.24) is 15.3 Å². The second kappa shape index (κ2) is 7.15. The van der Waals surface area contributed by atoms with Crippen LogP contribution in [0.2, 0.25) is 0 Å². The number of carbonyl (C=O) groups is 1. The van der Waals surface area contributed by atoms with Crippen LogP contribution in [0.4, 0.5) is 0 Å². The monoisotopic (exact) mass is 264 g/mol. The number of nitrogens with zero attached hydrogens (tertiary/aromatic N) is 2. The third-order valence-electron chi connectivity index (χ3n) is 2.53. The fourth-order valence-electron chi connectivity index (χ4n) is 1.58. The van der Waals surface area contributed by atoms with Crippen LogP contribution in [-0.2, 0) is 4.79 Å². The first kappa shape index (κ1) is 14.7. The Hall–Kier alpha value is -2.37. The van der Waals surface area contributed by atoms with E-state index in [-0.39, 0.29) is 6.42 Å². The zero-order valence-electron chi connectivity index (χ0n) is 11.2. The zero-order valence-corrected chi connectivity index (χ0v) is 11.2.